The molecule has 2 atom stereocenters. The Hall–Kier alpha value is -0.890. The minimum atomic E-state index is -0.0423. The molecule has 1 heterocycles. The van der Waals surface area contributed by atoms with Crippen molar-refractivity contribution in [2.45, 2.75) is 26.2 Å². The largest absolute Gasteiger partial charge is 0.316 e. The molecule has 0 amide bonds. The Morgan fingerprint density at radius 3 is 2.93 bits per heavy atom. The van der Waals surface area contributed by atoms with Crippen LogP contribution >= 0.6 is 0 Å². The highest BCUT2D eigenvalue weighted by Gasteiger charge is 2.24. The van der Waals surface area contributed by atoms with Crippen LogP contribution < -0.4 is 5.32 Å². The summed E-state index contributed by atoms with van der Waals surface area (Å²) in [6.45, 7) is 6.22. The summed E-state index contributed by atoms with van der Waals surface area (Å²) in [6.07, 6.45) is 1.04. The van der Waals surface area contributed by atoms with Crippen LogP contribution in [0.15, 0.2) is 18.2 Å². The maximum atomic E-state index is 13.7. The van der Waals surface area contributed by atoms with Gasteiger partial charge in [-0.15, -0.1) is 0 Å². The van der Waals surface area contributed by atoms with Gasteiger partial charge in [0.05, 0.1) is 0 Å². The molecule has 1 aromatic carbocycles. The van der Waals surface area contributed by atoms with Gasteiger partial charge < -0.3 is 5.32 Å². The van der Waals surface area contributed by atoms with Crippen LogP contribution in [0, 0.1) is 18.7 Å². The molecule has 1 aromatic rings. The molecule has 0 aromatic heterocycles. The van der Waals surface area contributed by atoms with Crippen molar-refractivity contribution in [3.63, 3.8) is 0 Å². The lowest BCUT2D eigenvalue weighted by molar-refractivity contribution is 0.341. The van der Waals surface area contributed by atoms with Crippen LogP contribution in [0.3, 0.4) is 0 Å². The Bertz CT molecular complexity index is 348. The average molecular weight is 207 g/mol. The van der Waals surface area contributed by atoms with Crippen molar-refractivity contribution in [3.05, 3.63) is 35.1 Å². The fraction of sp³-hybridized carbons (Fsp3) is 0.538. The van der Waals surface area contributed by atoms with Crippen molar-refractivity contribution in [1.29, 1.82) is 0 Å². The van der Waals surface area contributed by atoms with E-state index in [1.54, 1.807) is 6.07 Å². The third-order valence-electron chi connectivity index (χ3n) is 3.34. The summed E-state index contributed by atoms with van der Waals surface area (Å²) in [4.78, 5) is 0. The van der Waals surface area contributed by atoms with Crippen molar-refractivity contribution >= 4 is 0 Å². The third-order valence-corrected chi connectivity index (χ3v) is 3.34. The van der Waals surface area contributed by atoms with E-state index in [9.17, 15) is 4.39 Å². The van der Waals surface area contributed by atoms with Crippen molar-refractivity contribution in [2.24, 2.45) is 5.92 Å². The molecule has 1 aliphatic rings. The van der Waals surface area contributed by atoms with Gasteiger partial charge in [0.15, 0.2) is 0 Å². The van der Waals surface area contributed by atoms with Crippen LogP contribution in [-0.2, 0) is 0 Å². The van der Waals surface area contributed by atoms with Gasteiger partial charge in [0.1, 0.15) is 5.82 Å². The number of hydrogen-bond donors (Lipinski definition) is 1. The average Bonchev–Trinajstić information content (AvgIpc) is 2.23. The first-order valence-electron chi connectivity index (χ1n) is 5.65. The van der Waals surface area contributed by atoms with Gasteiger partial charge in [0.2, 0.25) is 0 Å². The van der Waals surface area contributed by atoms with Crippen LogP contribution in [0.2, 0.25) is 0 Å². The summed E-state index contributed by atoms with van der Waals surface area (Å²) in [5.74, 6) is 0.862. The number of hydrogen-bond acceptors (Lipinski definition) is 1. The molecule has 0 bridgehead atoms. The molecule has 1 N–H and O–H groups in total. The lowest BCUT2D eigenvalue weighted by atomic mass is 9.81. The van der Waals surface area contributed by atoms with Crippen molar-refractivity contribution in [1.82, 2.24) is 5.32 Å². The van der Waals surface area contributed by atoms with E-state index < -0.39 is 0 Å². The number of nitrogens with one attached hydrogen (secondary N) is 1. The van der Waals surface area contributed by atoms with Crippen molar-refractivity contribution < 1.29 is 4.39 Å². The summed E-state index contributed by atoms with van der Waals surface area (Å²) in [5, 5.41) is 3.35. The summed E-state index contributed by atoms with van der Waals surface area (Å²) >= 11 is 0. The Balaban J connectivity index is 2.30. The summed E-state index contributed by atoms with van der Waals surface area (Å²) in [6, 6.07) is 5.44. The molecule has 1 saturated heterocycles. The number of rotatable bonds is 1. The van der Waals surface area contributed by atoms with Crippen LogP contribution in [0.1, 0.15) is 30.4 Å². The molecule has 82 valence electrons. The highest BCUT2D eigenvalue weighted by atomic mass is 19.1. The van der Waals surface area contributed by atoms with Gasteiger partial charge in [-0.05, 0) is 49.9 Å². The van der Waals surface area contributed by atoms with E-state index in [4.69, 9.17) is 0 Å². The standard InChI is InChI=1S/C13H18FN/c1-9-3-4-13(14)12(7-9)11-5-6-15-8-10(11)2/h3-4,7,10-11,15H,5-6,8H2,1-2H3. The quantitative estimate of drug-likeness (QED) is 0.746. The molecule has 0 radical (unpaired) electrons. The summed E-state index contributed by atoms with van der Waals surface area (Å²) in [5.41, 5.74) is 2.06. The highest BCUT2D eigenvalue weighted by molar-refractivity contribution is 5.28. The van der Waals surface area contributed by atoms with E-state index in [-0.39, 0.29) is 5.82 Å². The van der Waals surface area contributed by atoms with Gasteiger partial charge >= 0.3 is 0 Å². The van der Waals surface area contributed by atoms with Gasteiger partial charge in [0.25, 0.3) is 0 Å². The van der Waals surface area contributed by atoms with E-state index in [1.165, 1.54) is 0 Å². The predicted molar refractivity (Wildman–Crippen MR) is 60.5 cm³/mol. The minimum Gasteiger partial charge on any atom is -0.316 e. The molecule has 0 spiro atoms. The van der Waals surface area contributed by atoms with Crippen LogP contribution in [0.25, 0.3) is 0 Å². The zero-order valence-electron chi connectivity index (χ0n) is 9.39. The maximum Gasteiger partial charge on any atom is 0.126 e. The molecule has 2 heteroatoms. The Morgan fingerprint density at radius 1 is 1.40 bits per heavy atom. The molecule has 1 aliphatic heterocycles. The third kappa shape index (κ3) is 2.20. The van der Waals surface area contributed by atoms with Gasteiger partial charge in [-0.1, -0.05) is 24.6 Å². The zero-order chi connectivity index (χ0) is 10.8. The van der Waals surface area contributed by atoms with Gasteiger partial charge in [-0.3, -0.25) is 0 Å². The lowest BCUT2D eigenvalue weighted by Gasteiger charge is -2.30. The van der Waals surface area contributed by atoms with Gasteiger partial charge in [-0.2, -0.15) is 0 Å². The molecular formula is C13H18FN. The molecular weight excluding hydrogens is 189 g/mol. The smallest absolute Gasteiger partial charge is 0.126 e. The monoisotopic (exact) mass is 207 g/mol. The predicted octanol–water partition coefficient (Wildman–Crippen LogP) is 2.85. The fourth-order valence-corrected chi connectivity index (χ4v) is 2.42. The summed E-state index contributed by atoms with van der Waals surface area (Å²) < 4.78 is 13.7. The lowest BCUT2D eigenvalue weighted by Crippen LogP contribution is -2.34. The van der Waals surface area contributed by atoms with Gasteiger partial charge in [0, 0.05) is 0 Å². The second-order valence-electron chi connectivity index (χ2n) is 4.60. The van der Waals surface area contributed by atoms with E-state index in [0.29, 0.717) is 11.8 Å². The SMILES string of the molecule is Cc1ccc(F)c(C2CCNCC2C)c1. The fourth-order valence-electron chi connectivity index (χ4n) is 2.42. The topological polar surface area (TPSA) is 12.0 Å². The summed E-state index contributed by atoms with van der Waals surface area (Å²) in [7, 11) is 0. The molecule has 0 saturated carbocycles. The van der Waals surface area contributed by atoms with Crippen LogP contribution in [0.5, 0.6) is 0 Å². The van der Waals surface area contributed by atoms with E-state index >= 15 is 0 Å². The molecule has 2 unspecified atom stereocenters. The first-order valence-corrected chi connectivity index (χ1v) is 5.65. The van der Waals surface area contributed by atoms with Gasteiger partial charge in [-0.25, -0.2) is 4.39 Å². The molecule has 1 fully saturated rings. The Morgan fingerprint density at radius 2 is 2.20 bits per heavy atom. The molecule has 0 aliphatic carbocycles. The van der Waals surface area contributed by atoms with Crippen LogP contribution in [0.4, 0.5) is 4.39 Å². The first-order chi connectivity index (χ1) is 7.18. The molecule has 15 heavy (non-hydrogen) atoms. The second kappa shape index (κ2) is 4.31. The number of aryl methyl sites for hydroxylation is 1. The van der Waals surface area contributed by atoms with Crippen LogP contribution in [-0.4, -0.2) is 13.1 Å². The Kier molecular flexibility index (Phi) is 3.06. The van der Waals surface area contributed by atoms with E-state index in [0.717, 1.165) is 30.6 Å². The van der Waals surface area contributed by atoms with Crippen molar-refractivity contribution in [2.75, 3.05) is 13.1 Å². The number of piperidine rings is 1. The second-order valence-corrected chi connectivity index (χ2v) is 4.60. The first kappa shape index (κ1) is 10.6. The zero-order valence-corrected chi connectivity index (χ0v) is 9.39. The Labute approximate surface area is 90.7 Å². The molecule has 2 rings (SSSR count). The number of benzene rings is 1. The normalized spacial score (nSPS) is 26.6. The van der Waals surface area contributed by atoms with Crippen molar-refractivity contribution in [3.8, 4) is 0 Å². The van der Waals surface area contributed by atoms with E-state index in [1.807, 2.05) is 19.1 Å². The van der Waals surface area contributed by atoms with E-state index in [2.05, 4.69) is 12.2 Å². The highest BCUT2D eigenvalue weighted by Crippen LogP contribution is 2.32. The molecule has 1 nitrogen and oxygen atoms in total. The maximum absolute atomic E-state index is 13.7. The number of halogens is 1. The minimum absolute atomic E-state index is 0.0423.